The van der Waals surface area contributed by atoms with E-state index in [1.165, 1.54) is 7.11 Å². The topological polar surface area (TPSA) is 95.1 Å². The Labute approximate surface area is 164 Å². The summed E-state index contributed by atoms with van der Waals surface area (Å²) in [6.45, 7) is 0. The van der Waals surface area contributed by atoms with Crippen molar-refractivity contribution in [3.8, 4) is 17.1 Å². The lowest BCUT2D eigenvalue weighted by Crippen LogP contribution is -2.03. The minimum absolute atomic E-state index is 0.103. The summed E-state index contributed by atoms with van der Waals surface area (Å²) in [6.07, 6.45) is 1.58. The zero-order valence-electron chi connectivity index (χ0n) is 15.6. The molecule has 4 aromatic rings. The summed E-state index contributed by atoms with van der Waals surface area (Å²) in [5.41, 5.74) is 2.13. The smallest absolute Gasteiger partial charge is 0.307 e. The number of nitrogens with one attached hydrogen (secondary N) is 1. The Morgan fingerprint density at radius 3 is 2.72 bits per heavy atom. The van der Waals surface area contributed by atoms with Gasteiger partial charge in [-0.25, -0.2) is 9.97 Å². The van der Waals surface area contributed by atoms with Crippen LogP contribution in [0, 0.1) is 15.9 Å². The van der Waals surface area contributed by atoms with Crippen molar-refractivity contribution in [2.45, 2.75) is 0 Å². The first-order valence-electron chi connectivity index (χ1n) is 8.64. The zero-order valence-corrected chi connectivity index (χ0v) is 15.6. The van der Waals surface area contributed by atoms with Crippen molar-refractivity contribution in [3.05, 3.63) is 70.7 Å². The molecule has 0 unspecified atom stereocenters. The number of halogens is 1. The number of ether oxygens (including phenoxy) is 1. The highest BCUT2D eigenvalue weighted by Gasteiger charge is 2.20. The van der Waals surface area contributed by atoms with Gasteiger partial charge in [-0.1, -0.05) is 18.2 Å². The van der Waals surface area contributed by atoms with E-state index < -0.39 is 16.4 Å². The van der Waals surface area contributed by atoms with E-state index in [-0.39, 0.29) is 17.4 Å². The molecular formula is C20H16FN5O3. The summed E-state index contributed by atoms with van der Waals surface area (Å²) in [7, 11) is 3.29. The van der Waals surface area contributed by atoms with Gasteiger partial charge in [0, 0.05) is 36.3 Å². The van der Waals surface area contributed by atoms with Crippen molar-refractivity contribution in [1.29, 1.82) is 0 Å². The number of hydrogen-bond donors (Lipinski definition) is 1. The van der Waals surface area contributed by atoms with E-state index >= 15 is 0 Å². The number of nitrogens with zero attached hydrogens (tertiary/aromatic N) is 4. The van der Waals surface area contributed by atoms with Gasteiger partial charge in [-0.3, -0.25) is 10.1 Å². The third-order valence-corrected chi connectivity index (χ3v) is 4.58. The van der Waals surface area contributed by atoms with Gasteiger partial charge in [-0.15, -0.1) is 0 Å². The Kier molecular flexibility index (Phi) is 4.55. The third kappa shape index (κ3) is 3.33. The quantitative estimate of drug-likeness (QED) is 0.398. The SMILES string of the molecule is COc1cc(F)c([N+](=O)[O-])cc1Nc1nccc(-c2cc3ccccc3n2C)n1. The molecule has 0 saturated carbocycles. The van der Waals surface area contributed by atoms with Gasteiger partial charge < -0.3 is 14.6 Å². The molecule has 2 aromatic carbocycles. The van der Waals surface area contributed by atoms with E-state index in [4.69, 9.17) is 4.74 Å². The molecule has 0 atom stereocenters. The Morgan fingerprint density at radius 1 is 1.21 bits per heavy atom. The molecule has 0 saturated heterocycles. The molecule has 2 aromatic heterocycles. The zero-order chi connectivity index (χ0) is 20.5. The van der Waals surface area contributed by atoms with Crippen LogP contribution >= 0.6 is 0 Å². The molecule has 0 spiro atoms. The van der Waals surface area contributed by atoms with E-state index in [0.717, 1.165) is 28.7 Å². The predicted octanol–water partition coefficient (Wildman–Crippen LogP) is 4.43. The maximum absolute atomic E-state index is 13.9. The number of nitro groups is 1. The van der Waals surface area contributed by atoms with Crippen molar-refractivity contribution in [2.24, 2.45) is 7.05 Å². The number of anilines is 2. The molecule has 0 fully saturated rings. The third-order valence-electron chi connectivity index (χ3n) is 4.58. The van der Waals surface area contributed by atoms with E-state index in [1.807, 2.05) is 41.9 Å². The number of para-hydroxylation sites is 1. The van der Waals surface area contributed by atoms with Crippen LogP contribution in [0.2, 0.25) is 0 Å². The number of hydrogen-bond acceptors (Lipinski definition) is 6. The standard InChI is InChI=1S/C20H16FN5O3/c1-25-16-6-4-3-5-12(16)9-18(25)14-7-8-22-20(23-14)24-15-11-17(26(27)28)13(21)10-19(15)29-2/h3-11H,1-2H3,(H,22,23,24). The predicted molar refractivity (Wildman–Crippen MR) is 107 cm³/mol. The van der Waals surface area contributed by atoms with Crippen LogP contribution in [0.25, 0.3) is 22.3 Å². The van der Waals surface area contributed by atoms with Gasteiger partial charge >= 0.3 is 5.69 Å². The summed E-state index contributed by atoms with van der Waals surface area (Å²) < 4.78 is 21.0. The van der Waals surface area contributed by atoms with Gasteiger partial charge in [-0.2, -0.15) is 4.39 Å². The summed E-state index contributed by atoms with van der Waals surface area (Å²) in [5, 5.41) is 15.0. The van der Waals surface area contributed by atoms with Gasteiger partial charge in [0.25, 0.3) is 0 Å². The molecule has 2 heterocycles. The van der Waals surface area contributed by atoms with E-state index in [9.17, 15) is 14.5 Å². The highest BCUT2D eigenvalue weighted by Crippen LogP contribution is 2.33. The van der Waals surface area contributed by atoms with Gasteiger partial charge in [0.15, 0.2) is 0 Å². The summed E-state index contributed by atoms with van der Waals surface area (Å²) >= 11 is 0. The highest BCUT2D eigenvalue weighted by atomic mass is 19.1. The molecule has 0 aliphatic rings. The van der Waals surface area contributed by atoms with Gasteiger partial charge in [0.05, 0.1) is 29.1 Å². The fourth-order valence-corrected chi connectivity index (χ4v) is 3.17. The Bertz CT molecular complexity index is 1240. The Balaban J connectivity index is 1.74. The maximum atomic E-state index is 13.9. The lowest BCUT2D eigenvalue weighted by atomic mass is 10.2. The number of rotatable bonds is 5. The van der Waals surface area contributed by atoms with Crippen molar-refractivity contribution >= 4 is 28.2 Å². The van der Waals surface area contributed by atoms with Crippen LogP contribution in [0.3, 0.4) is 0 Å². The first kappa shape index (κ1) is 18.4. The second-order valence-corrected chi connectivity index (χ2v) is 6.30. The Morgan fingerprint density at radius 2 is 2.00 bits per heavy atom. The van der Waals surface area contributed by atoms with Crippen LogP contribution in [0.15, 0.2) is 54.7 Å². The van der Waals surface area contributed by atoms with Crippen LogP contribution < -0.4 is 10.1 Å². The molecule has 4 rings (SSSR count). The van der Waals surface area contributed by atoms with Gasteiger partial charge in [0.1, 0.15) is 5.75 Å². The molecule has 1 N–H and O–H groups in total. The van der Waals surface area contributed by atoms with Crippen LogP contribution in [0.5, 0.6) is 5.75 Å². The molecule has 0 aliphatic heterocycles. The monoisotopic (exact) mass is 393 g/mol. The normalized spacial score (nSPS) is 10.9. The molecule has 0 radical (unpaired) electrons. The molecule has 8 nitrogen and oxygen atoms in total. The summed E-state index contributed by atoms with van der Waals surface area (Å²) in [5.74, 6) is -0.679. The minimum atomic E-state index is -0.984. The molecule has 0 bridgehead atoms. The molecule has 0 amide bonds. The van der Waals surface area contributed by atoms with E-state index in [1.54, 1.807) is 12.3 Å². The molecule has 146 valence electrons. The number of nitro benzene ring substituents is 1. The van der Waals surface area contributed by atoms with Crippen LogP contribution in [0.1, 0.15) is 0 Å². The summed E-state index contributed by atoms with van der Waals surface area (Å²) in [6, 6.07) is 13.8. The van der Waals surface area contributed by atoms with Crippen LogP contribution in [0.4, 0.5) is 21.7 Å². The summed E-state index contributed by atoms with van der Waals surface area (Å²) in [4.78, 5) is 18.9. The fourth-order valence-electron chi connectivity index (χ4n) is 3.17. The first-order valence-corrected chi connectivity index (χ1v) is 8.64. The van der Waals surface area contributed by atoms with Crippen LogP contribution in [-0.4, -0.2) is 26.6 Å². The lowest BCUT2D eigenvalue weighted by molar-refractivity contribution is -0.387. The number of aryl methyl sites for hydroxylation is 1. The second-order valence-electron chi connectivity index (χ2n) is 6.30. The highest BCUT2D eigenvalue weighted by molar-refractivity contribution is 5.86. The largest absolute Gasteiger partial charge is 0.494 e. The average Bonchev–Trinajstić information content (AvgIpc) is 3.06. The maximum Gasteiger partial charge on any atom is 0.307 e. The van der Waals surface area contributed by atoms with Crippen LogP contribution in [-0.2, 0) is 7.05 Å². The lowest BCUT2D eigenvalue weighted by Gasteiger charge is -2.11. The molecule has 0 aliphatic carbocycles. The Hall–Kier alpha value is -4.01. The average molecular weight is 393 g/mol. The number of fused-ring (bicyclic) bond motifs is 1. The first-order chi connectivity index (χ1) is 14.0. The number of benzene rings is 2. The number of aromatic nitrogens is 3. The van der Waals surface area contributed by atoms with Crippen molar-refractivity contribution in [1.82, 2.24) is 14.5 Å². The molecular weight excluding hydrogens is 377 g/mol. The molecule has 9 heteroatoms. The van der Waals surface area contributed by atoms with E-state index in [2.05, 4.69) is 15.3 Å². The van der Waals surface area contributed by atoms with Gasteiger partial charge in [0.2, 0.25) is 11.8 Å². The van der Waals surface area contributed by atoms with Crippen molar-refractivity contribution < 1.29 is 14.1 Å². The fraction of sp³-hybridized carbons (Fsp3) is 0.100. The van der Waals surface area contributed by atoms with Crippen molar-refractivity contribution in [2.75, 3.05) is 12.4 Å². The molecule has 29 heavy (non-hydrogen) atoms. The van der Waals surface area contributed by atoms with Crippen molar-refractivity contribution in [3.63, 3.8) is 0 Å². The van der Waals surface area contributed by atoms with Gasteiger partial charge in [-0.05, 0) is 18.2 Å². The second kappa shape index (κ2) is 7.19. The van der Waals surface area contributed by atoms with E-state index in [0.29, 0.717) is 5.69 Å². The minimum Gasteiger partial charge on any atom is -0.494 e. The number of methoxy groups -OCH3 is 1.